The molecule has 1 aromatic carbocycles. The van der Waals surface area contributed by atoms with Crippen LogP contribution in [-0.2, 0) is 0 Å². The molecule has 0 spiro atoms. The van der Waals surface area contributed by atoms with E-state index in [-0.39, 0.29) is 11.7 Å². The molecular formula is C15H17N3O3. The number of methoxy groups -OCH3 is 1. The maximum atomic E-state index is 11.9. The van der Waals surface area contributed by atoms with Crippen molar-refractivity contribution in [1.29, 1.82) is 0 Å². The number of carbonyl (C=O) groups excluding carboxylic acids is 1. The fourth-order valence-corrected chi connectivity index (χ4v) is 1.77. The highest BCUT2D eigenvalue weighted by Gasteiger charge is 2.09. The summed E-state index contributed by atoms with van der Waals surface area (Å²) < 4.78 is 10.7. The highest BCUT2D eigenvalue weighted by molar-refractivity contribution is 5.98. The molecule has 0 bridgehead atoms. The number of aromatic nitrogens is 1. The number of nitrogens with two attached hydrogens (primary N) is 1. The van der Waals surface area contributed by atoms with Gasteiger partial charge in [-0.2, -0.15) is 0 Å². The molecule has 110 valence electrons. The summed E-state index contributed by atoms with van der Waals surface area (Å²) in [4.78, 5) is 15.8. The van der Waals surface area contributed by atoms with Crippen LogP contribution in [0.3, 0.4) is 0 Å². The number of carbonyl (C=O) groups is 1. The Bertz CT molecular complexity index is 617. The van der Waals surface area contributed by atoms with Crippen molar-refractivity contribution < 1.29 is 14.3 Å². The molecule has 0 aliphatic carbocycles. The number of ether oxygens (including phenoxy) is 2. The summed E-state index contributed by atoms with van der Waals surface area (Å²) in [5.41, 5.74) is 5.99. The number of amides is 1. The summed E-state index contributed by atoms with van der Waals surface area (Å²) in [6.45, 7) is 0.678. The lowest BCUT2D eigenvalue weighted by molar-refractivity contribution is 0.0947. The van der Waals surface area contributed by atoms with Crippen LogP contribution in [0.15, 0.2) is 42.6 Å². The zero-order valence-electron chi connectivity index (χ0n) is 11.7. The van der Waals surface area contributed by atoms with E-state index in [1.807, 2.05) is 18.2 Å². The minimum absolute atomic E-state index is 0.209. The highest BCUT2D eigenvalue weighted by atomic mass is 16.5. The van der Waals surface area contributed by atoms with Crippen molar-refractivity contribution >= 4 is 11.7 Å². The smallest absolute Gasteiger partial charge is 0.255 e. The van der Waals surface area contributed by atoms with E-state index < -0.39 is 0 Å². The molecule has 0 radical (unpaired) electrons. The van der Waals surface area contributed by atoms with Gasteiger partial charge in [0.05, 0.1) is 19.2 Å². The second kappa shape index (κ2) is 7.14. The van der Waals surface area contributed by atoms with E-state index in [0.29, 0.717) is 30.2 Å². The molecule has 0 aliphatic heterocycles. The maximum Gasteiger partial charge on any atom is 0.255 e. The Kier molecular flexibility index (Phi) is 4.98. The van der Waals surface area contributed by atoms with E-state index in [1.165, 1.54) is 6.20 Å². The van der Waals surface area contributed by atoms with Crippen molar-refractivity contribution in [2.45, 2.75) is 0 Å². The Morgan fingerprint density at radius 3 is 2.71 bits per heavy atom. The predicted molar refractivity (Wildman–Crippen MR) is 79.5 cm³/mol. The van der Waals surface area contributed by atoms with Gasteiger partial charge in [-0.15, -0.1) is 0 Å². The van der Waals surface area contributed by atoms with Gasteiger partial charge in [-0.1, -0.05) is 12.1 Å². The first-order valence-electron chi connectivity index (χ1n) is 6.47. The van der Waals surface area contributed by atoms with Crippen molar-refractivity contribution in [2.24, 2.45) is 0 Å². The first kappa shape index (κ1) is 14.6. The van der Waals surface area contributed by atoms with Crippen LogP contribution < -0.4 is 20.5 Å². The summed E-state index contributed by atoms with van der Waals surface area (Å²) in [5, 5.41) is 2.72. The SMILES string of the molecule is COc1ccccc1OCCNC(=O)c1cccnc1N. The number of benzene rings is 1. The molecule has 0 saturated heterocycles. The Morgan fingerprint density at radius 1 is 1.24 bits per heavy atom. The van der Waals surface area contributed by atoms with Gasteiger partial charge in [0.15, 0.2) is 11.5 Å². The molecule has 6 nitrogen and oxygen atoms in total. The molecule has 0 saturated carbocycles. The minimum atomic E-state index is -0.274. The molecule has 0 atom stereocenters. The number of nitrogens with one attached hydrogen (secondary N) is 1. The molecule has 2 rings (SSSR count). The minimum Gasteiger partial charge on any atom is -0.493 e. The van der Waals surface area contributed by atoms with E-state index in [4.69, 9.17) is 15.2 Å². The lowest BCUT2D eigenvalue weighted by Gasteiger charge is -2.11. The topological polar surface area (TPSA) is 86.5 Å². The average Bonchev–Trinajstić information content (AvgIpc) is 2.52. The molecule has 21 heavy (non-hydrogen) atoms. The van der Waals surface area contributed by atoms with Crippen molar-refractivity contribution in [3.05, 3.63) is 48.2 Å². The molecular weight excluding hydrogens is 270 g/mol. The lowest BCUT2D eigenvalue weighted by atomic mass is 10.2. The summed E-state index contributed by atoms with van der Waals surface area (Å²) in [6, 6.07) is 10.6. The summed E-state index contributed by atoms with van der Waals surface area (Å²) in [7, 11) is 1.58. The standard InChI is InChI=1S/C15H17N3O3/c1-20-12-6-2-3-7-13(12)21-10-9-18-15(19)11-5-4-8-17-14(11)16/h2-8H,9-10H2,1H3,(H2,16,17)(H,18,19). The van der Waals surface area contributed by atoms with E-state index in [9.17, 15) is 4.79 Å². The number of hydrogen-bond donors (Lipinski definition) is 2. The third-order valence-electron chi connectivity index (χ3n) is 2.80. The molecule has 0 unspecified atom stereocenters. The second-order valence-electron chi connectivity index (χ2n) is 4.19. The van der Waals surface area contributed by atoms with Crippen molar-refractivity contribution in [1.82, 2.24) is 10.3 Å². The van der Waals surface area contributed by atoms with Crippen molar-refractivity contribution in [3.63, 3.8) is 0 Å². The number of rotatable bonds is 6. The fourth-order valence-electron chi connectivity index (χ4n) is 1.77. The Hall–Kier alpha value is -2.76. The van der Waals surface area contributed by atoms with Gasteiger partial charge < -0.3 is 20.5 Å². The largest absolute Gasteiger partial charge is 0.493 e. The second-order valence-corrected chi connectivity index (χ2v) is 4.19. The number of nitrogen functional groups attached to an aromatic ring is 1. The summed E-state index contributed by atoms with van der Waals surface area (Å²) in [6.07, 6.45) is 1.54. The maximum absolute atomic E-state index is 11.9. The van der Waals surface area contributed by atoms with Crippen LogP contribution in [0.1, 0.15) is 10.4 Å². The predicted octanol–water partition coefficient (Wildman–Crippen LogP) is 1.48. The number of anilines is 1. The molecule has 2 aromatic rings. The van der Waals surface area contributed by atoms with Crippen LogP contribution in [0.4, 0.5) is 5.82 Å². The lowest BCUT2D eigenvalue weighted by Crippen LogP contribution is -2.28. The third-order valence-corrected chi connectivity index (χ3v) is 2.80. The first-order valence-corrected chi connectivity index (χ1v) is 6.47. The van der Waals surface area contributed by atoms with Gasteiger partial charge in [-0.3, -0.25) is 4.79 Å². The van der Waals surface area contributed by atoms with E-state index in [0.717, 1.165) is 0 Å². The first-order chi connectivity index (χ1) is 10.2. The van der Waals surface area contributed by atoms with E-state index >= 15 is 0 Å². The fraction of sp³-hybridized carbons (Fsp3) is 0.200. The molecule has 1 aromatic heterocycles. The van der Waals surface area contributed by atoms with Gasteiger partial charge in [0.2, 0.25) is 0 Å². The summed E-state index contributed by atoms with van der Waals surface area (Å²) >= 11 is 0. The zero-order chi connectivity index (χ0) is 15.1. The molecule has 1 heterocycles. The zero-order valence-corrected chi connectivity index (χ0v) is 11.7. The quantitative estimate of drug-likeness (QED) is 0.786. The normalized spacial score (nSPS) is 9.95. The number of para-hydroxylation sites is 2. The number of hydrogen-bond acceptors (Lipinski definition) is 5. The van der Waals surface area contributed by atoms with Gasteiger partial charge >= 0.3 is 0 Å². The Balaban J connectivity index is 1.82. The number of pyridine rings is 1. The Morgan fingerprint density at radius 2 is 2.00 bits per heavy atom. The van der Waals surface area contributed by atoms with Gasteiger partial charge in [-0.05, 0) is 24.3 Å². The van der Waals surface area contributed by atoms with E-state index in [2.05, 4.69) is 10.3 Å². The number of nitrogens with zero attached hydrogens (tertiary/aromatic N) is 1. The van der Waals surface area contributed by atoms with Gasteiger partial charge in [0, 0.05) is 6.20 Å². The Labute approximate surface area is 122 Å². The van der Waals surface area contributed by atoms with Crippen LogP contribution >= 0.6 is 0 Å². The average molecular weight is 287 g/mol. The van der Waals surface area contributed by atoms with Crippen LogP contribution in [0.5, 0.6) is 11.5 Å². The van der Waals surface area contributed by atoms with Crippen molar-refractivity contribution in [2.75, 3.05) is 26.0 Å². The molecule has 3 N–H and O–H groups in total. The van der Waals surface area contributed by atoms with Crippen LogP contribution in [0.25, 0.3) is 0 Å². The summed E-state index contributed by atoms with van der Waals surface area (Å²) in [5.74, 6) is 1.22. The monoisotopic (exact) mass is 287 g/mol. The van der Waals surface area contributed by atoms with E-state index in [1.54, 1.807) is 25.3 Å². The third kappa shape index (κ3) is 3.85. The highest BCUT2D eigenvalue weighted by Crippen LogP contribution is 2.25. The van der Waals surface area contributed by atoms with Crippen LogP contribution in [0.2, 0.25) is 0 Å². The molecule has 1 amide bonds. The van der Waals surface area contributed by atoms with Crippen molar-refractivity contribution in [3.8, 4) is 11.5 Å². The molecule has 0 fully saturated rings. The van der Waals surface area contributed by atoms with Gasteiger partial charge in [-0.25, -0.2) is 4.98 Å². The van der Waals surface area contributed by atoms with Crippen LogP contribution in [-0.4, -0.2) is 31.2 Å². The van der Waals surface area contributed by atoms with Gasteiger partial charge in [0.1, 0.15) is 12.4 Å². The van der Waals surface area contributed by atoms with Crippen LogP contribution in [0, 0.1) is 0 Å². The molecule has 0 aliphatic rings. The van der Waals surface area contributed by atoms with Gasteiger partial charge in [0.25, 0.3) is 5.91 Å². The molecule has 6 heteroatoms.